The fraction of sp³-hybridized carbons (Fsp3) is 1.00. The third kappa shape index (κ3) is 5.58. The molecule has 84 valence electrons. The van der Waals surface area contributed by atoms with Gasteiger partial charge in [-0.2, -0.15) is 5.06 Å². The average Bonchev–Trinajstić information content (AvgIpc) is 2.21. The SMILES string of the molecule is CN1CCCCC1.CN1CCCCO1. The fourth-order valence-electron chi connectivity index (χ4n) is 1.77. The lowest BCUT2D eigenvalue weighted by molar-refractivity contribution is -0.161. The molecule has 0 aromatic rings. The second-order valence-corrected chi connectivity index (χ2v) is 4.26. The predicted octanol–water partition coefficient (Wildman–Crippen LogP) is 1.75. The van der Waals surface area contributed by atoms with Gasteiger partial charge in [0, 0.05) is 13.6 Å². The molecule has 0 aromatic heterocycles. The van der Waals surface area contributed by atoms with E-state index in [1.54, 1.807) is 0 Å². The zero-order valence-electron chi connectivity index (χ0n) is 9.67. The van der Waals surface area contributed by atoms with Crippen LogP contribution in [-0.4, -0.2) is 50.3 Å². The lowest BCUT2D eigenvalue weighted by Gasteiger charge is -2.20. The Labute approximate surface area is 88.0 Å². The molecule has 0 aliphatic carbocycles. The number of rotatable bonds is 0. The van der Waals surface area contributed by atoms with Crippen LogP contribution in [0.25, 0.3) is 0 Å². The molecule has 0 aromatic carbocycles. The van der Waals surface area contributed by atoms with Crippen LogP contribution in [0.2, 0.25) is 0 Å². The molecule has 0 N–H and O–H groups in total. The molecule has 0 spiro atoms. The lowest BCUT2D eigenvalue weighted by atomic mass is 10.1. The smallest absolute Gasteiger partial charge is 0.0685 e. The minimum atomic E-state index is 0.913. The highest BCUT2D eigenvalue weighted by atomic mass is 16.7. The highest BCUT2D eigenvalue weighted by Crippen LogP contribution is 2.04. The van der Waals surface area contributed by atoms with Gasteiger partial charge in [-0.25, -0.2) is 0 Å². The van der Waals surface area contributed by atoms with Crippen LogP contribution in [0.5, 0.6) is 0 Å². The molecule has 0 amide bonds. The Balaban J connectivity index is 0.000000140. The topological polar surface area (TPSA) is 15.7 Å². The first-order valence-corrected chi connectivity index (χ1v) is 5.81. The van der Waals surface area contributed by atoms with Crippen LogP contribution < -0.4 is 0 Å². The third-order valence-electron chi connectivity index (χ3n) is 2.76. The monoisotopic (exact) mass is 200 g/mol. The standard InChI is InChI=1S/C6H13N.C5H11NO/c1-7-5-3-2-4-6-7;1-6-4-2-3-5-7-6/h2-6H2,1H3;2-5H2,1H3. The van der Waals surface area contributed by atoms with E-state index in [4.69, 9.17) is 4.84 Å². The number of likely N-dealkylation sites (tertiary alicyclic amines) is 1. The van der Waals surface area contributed by atoms with Gasteiger partial charge in [-0.3, -0.25) is 4.84 Å². The zero-order chi connectivity index (χ0) is 10.2. The second-order valence-electron chi connectivity index (χ2n) is 4.26. The van der Waals surface area contributed by atoms with E-state index in [0.717, 1.165) is 13.2 Å². The summed E-state index contributed by atoms with van der Waals surface area (Å²) in [6.45, 7) is 4.65. The van der Waals surface area contributed by atoms with E-state index in [2.05, 4.69) is 11.9 Å². The minimum Gasteiger partial charge on any atom is -0.306 e. The van der Waals surface area contributed by atoms with Crippen molar-refractivity contribution >= 4 is 0 Å². The second kappa shape index (κ2) is 7.21. The lowest BCUT2D eigenvalue weighted by Crippen LogP contribution is -2.25. The largest absolute Gasteiger partial charge is 0.306 e. The van der Waals surface area contributed by atoms with Crippen molar-refractivity contribution in [2.24, 2.45) is 0 Å². The zero-order valence-corrected chi connectivity index (χ0v) is 9.67. The molecule has 0 saturated carbocycles. The van der Waals surface area contributed by atoms with Gasteiger partial charge in [0.2, 0.25) is 0 Å². The summed E-state index contributed by atoms with van der Waals surface area (Å²) in [6.07, 6.45) is 6.79. The maximum absolute atomic E-state index is 5.11. The summed E-state index contributed by atoms with van der Waals surface area (Å²) in [7, 11) is 4.16. The molecular formula is C11H24N2O. The molecule has 0 unspecified atom stereocenters. The Hall–Kier alpha value is -0.120. The van der Waals surface area contributed by atoms with E-state index < -0.39 is 0 Å². The summed E-state index contributed by atoms with van der Waals surface area (Å²) in [6, 6.07) is 0. The van der Waals surface area contributed by atoms with Crippen LogP contribution in [0.1, 0.15) is 32.1 Å². The number of nitrogens with zero attached hydrogens (tertiary/aromatic N) is 2. The van der Waals surface area contributed by atoms with Gasteiger partial charge in [-0.1, -0.05) is 6.42 Å². The summed E-state index contributed by atoms with van der Waals surface area (Å²) in [4.78, 5) is 7.50. The molecule has 0 atom stereocenters. The van der Waals surface area contributed by atoms with Crippen molar-refractivity contribution in [1.29, 1.82) is 0 Å². The third-order valence-corrected chi connectivity index (χ3v) is 2.76. The van der Waals surface area contributed by atoms with E-state index in [1.165, 1.54) is 45.2 Å². The van der Waals surface area contributed by atoms with E-state index in [9.17, 15) is 0 Å². The van der Waals surface area contributed by atoms with Gasteiger partial charge in [0.15, 0.2) is 0 Å². The molecule has 2 heterocycles. The summed E-state index contributed by atoms with van der Waals surface area (Å²) < 4.78 is 0. The van der Waals surface area contributed by atoms with Crippen LogP contribution in [0, 0.1) is 0 Å². The van der Waals surface area contributed by atoms with E-state index in [0.29, 0.717) is 0 Å². The molecule has 14 heavy (non-hydrogen) atoms. The van der Waals surface area contributed by atoms with E-state index in [-0.39, 0.29) is 0 Å². The average molecular weight is 200 g/mol. The fourth-order valence-corrected chi connectivity index (χ4v) is 1.77. The van der Waals surface area contributed by atoms with Gasteiger partial charge in [0.25, 0.3) is 0 Å². The molecule has 2 rings (SSSR count). The molecule has 2 aliphatic rings. The van der Waals surface area contributed by atoms with Crippen molar-refractivity contribution in [1.82, 2.24) is 9.96 Å². The summed E-state index contributed by atoms with van der Waals surface area (Å²) in [5, 5.41) is 1.89. The van der Waals surface area contributed by atoms with Crippen molar-refractivity contribution in [3.05, 3.63) is 0 Å². The van der Waals surface area contributed by atoms with E-state index in [1.807, 2.05) is 12.1 Å². The Morgan fingerprint density at radius 3 is 1.71 bits per heavy atom. The molecule has 2 fully saturated rings. The van der Waals surface area contributed by atoms with Gasteiger partial charge < -0.3 is 4.90 Å². The number of hydroxylamine groups is 2. The normalized spacial score (nSPS) is 25.3. The maximum Gasteiger partial charge on any atom is 0.0685 e. The molecule has 0 bridgehead atoms. The first-order valence-electron chi connectivity index (χ1n) is 5.81. The minimum absolute atomic E-state index is 0.913. The Morgan fingerprint density at radius 1 is 0.786 bits per heavy atom. The van der Waals surface area contributed by atoms with Crippen molar-refractivity contribution in [2.45, 2.75) is 32.1 Å². The van der Waals surface area contributed by atoms with Gasteiger partial charge in [0.1, 0.15) is 0 Å². The quantitative estimate of drug-likeness (QED) is 0.592. The molecular weight excluding hydrogens is 176 g/mol. The summed E-state index contributed by atoms with van der Waals surface area (Å²) >= 11 is 0. The Bertz CT molecular complexity index is 113. The first kappa shape index (κ1) is 12.0. The number of hydrogen-bond acceptors (Lipinski definition) is 3. The summed E-state index contributed by atoms with van der Waals surface area (Å²) in [5.41, 5.74) is 0. The Morgan fingerprint density at radius 2 is 1.43 bits per heavy atom. The van der Waals surface area contributed by atoms with Crippen molar-refractivity contribution < 1.29 is 4.84 Å². The molecule has 3 nitrogen and oxygen atoms in total. The molecule has 3 heteroatoms. The predicted molar refractivity (Wildman–Crippen MR) is 59.2 cm³/mol. The van der Waals surface area contributed by atoms with E-state index >= 15 is 0 Å². The van der Waals surface area contributed by atoms with Crippen molar-refractivity contribution in [3.8, 4) is 0 Å². The van der Waals surface area contributed by atoms with Crippen LogP contribution >= 0.6 is 0 Å². The van der Waals surface area contributed by atoms with Crippen molar-refractivity contribution in [3.63, 3.8) is 0 Å². The van der Waals surface area contributed by atoms with Crippen LogP contribution in [-0.2, 0) is 4.84 Å². The maximum atomic E-state index is 5.11. The highest BCUT2D eigenvalue weighted by Gasteiger charge is 2.03. The highest BCUT2D eigenvalue weighted by molar-refractivity contribution is 4.58. The summed E-state index contributed by atoms with van der Waals surface area (Å²) in [5.74, 6) is 0. The Kier molecular flexibility index (Phi) is 6.15. The molecule has 2 aliphatic heterocycles. The van der Waals surface area contributed by atoms with Crippen LogP contribution in [0.3, 0.4) is 0 Å². The number of hydrogen-bond donors (Lipinski definition) is 0. The number of piperidine rings is 1. The van der Waals surface area contributed by atoms with Crippen LogP contribution in [0.4, 0.5) is 0 Å². The molecule has 2 saturated heterocycles. The van der Waals surface area contributed by atoms with Gasteiger partial charge in [-0.15, -0.1) is 0 Å². The first-order chi connectivity index (χ1) is 6.79. The van der Waals surface area contributed by atoms with Gasteiger partial charge >= 0.3 is 0 Å². The van der Waals surface area contributed by atoms with Crippen LogP contribution in [0.15, 0.2) is 0 Å². The van der Waals surface area contributed by atoms with Crippen molar-refractivity contribution in [2.75, 3.05) is 40.3 Å². The van der Waals surface area contributed by atoms with Gasteiger partial charge in [-0.05, 0) is 45.8 Å². The van der Waals surface area contributed by atoms with Gasteiger partial charge in [0.05, 0.1) is 6.61 Å². The molecule has 0 radical (unpaired) electrons.